The van der Waals surface area contributed by atoms with Crippen molar-refractivity contribution in [2.24, 2.45) is 0 Å². The summed E-state index contributed by atoms with van der Waals surface area (Å²) in [5.74, 6) is 0. The average molecular weight is 277 g/mol. The maximum absolute atomic E-state index is 9.28. The Morgan fingerprint density at radius 2 is 2.00 bits per heavy atom. The van der Waals surface area contributed by atoms with Crippen LogP contribution in [0.1, 0.15) is 29.7 Å². The van der Waals surface area contributed by atoms with Crippen LogP contribution < -0.4 is 5.32 Å². The predicted octanol–water partition coefficient (Wildman–Crippen LogP) is 3.08. The number of hydrogen-bond acceptors (Lipinski definition) is 3. The highest BCUT2D eigenvalue weighted by Gasteiger charge is 2.07. The first kappa shape index (κ1) is 14.0. The van der Waals surface area contributed by atoms with Crippen molar-refractivity contribution in [3.8, 4) is 0 Å². The fraction of sp³-hybridized carbons (Fsp3) is 0.267. The van der Waals surface area contributed by atoms with Crippen LogP contribution in [0, 0.1) is 0 Å². The fourth-order valence-corrected chi connectivity index (χ4v) is 2.13. The van der Waals surface area contributed by atoms with Gasteiger partial charge < -0.3 is 10.4 Å². The van der Waals surface area contributed by atoms with Crippen LogP contribution in [0.25, 0.3) is 0 Å². The summed E-state index contributed by atoms with van der Waals surface area (Å²) in [6.45, 7) is 2.85. The molecule has 1 heterocycles. The normalized spacial score (nSPS) is 12.4. The van der Waals surface area contributed by atoms with Crippen LogP contribution in [0.3, 0.4) is 0 Å². The van der Waals surface area contributed by atoms with Crippen LogP contribution in [0.2, 0.25) is 5.15 Å². The minimum absolute atomic E-state index is 0.0628. The lowest BCUT2D eigenvalue weighted by Gasteiger charge is -2.15. The van der Waals surface area contributed by atoms with Crippen LogP contribution in [-0.4, -0.2) is 10.1 Å². The molecule has 2 rings (SSSR count). The van der Waals surface area contributed by atoms with Gasteiger partial charge in [0, 0.05) is 18.8 Å². The summed E-state index contributed by atoms with van der Waals surface area (Å²) in [4.78, 5) is 3.97. The highest BCUT2D eigenvalue weighted by Crippen LogP contribution is 2.16. The number of aliphatic hydroxyl groups excluding tert-OH is 1. The molecule has 4 heteroatoms. The van der Waals surface area contributed by atoms with Crippen molar-refractivity contribution >= 4 is 11.6 Å². The molecule has 0 fully saturated rings. The van der Waals surface area contributed by atoms with Gasteiger partial charge >= 0.3 is 0 Å². The Morgan fingerprint density at radius 1 is 1.26 bits per heavy atom. The number of aromatic nitrogens is 1. The molecule has 2 N–H and O–H groups in total. The first-order valence-corrected chi connectivity index (χ1v) is 6.61. The number of hydrogen-bond donors (Lipinski definition) is 2. The maximum Gasteiger partial charge on any atom is 0.129 e. The van der Waals surface area contributed by atoms with Gasteiger partial charge in [-0.1, -0.05) is 35.9 Å². The smallest absolute Gasteiger partial charge is 0.129 e. The first-order valence-electron chi connectivity index (χ1n) is 6.23. The first-order chi connectivity index (χ1) is 9.20. The van der Waals surface area contributed by atoms with E-state index in [1.54, 1.807) is 6.20 Å². The molecule has 2 aromatic rings. The zero-order chi connectivity index (χ0) is 13.7. The van der Waals surface area contributed by atoms with Crippen LogP contribution in [0.15, 0.2) is 42.6 Å². The lowest BCUT2D eigenvalue weighted by molar-refractivity contribution is 0.280. The molecule has 100 valence electrons. The van der Waals surface area contributed by atoms with Crippen molar-refractivity contribution in [3.05, 3.63) is 64.4 Å². The standard InChI is InChI=1S/C15H17ClN2O/c1-11(12-6-7-17-15(16)8-12)18-9-13-4-2-3-5-14(13)10-19/h2-8,11,18-19H,9-10H2,1H3. The van der Waals surface area contributed by atoms with Crippen LogP contribution in [-0.2, 0) is 13.2 Å². The van der Waals surface area contributed by atoms with Crippen molar-refractivity contribution in [2.45, 2.75) is 26.1 Å². The van der Waals surface area contributed by atoms with Crippen LogP contribution in [0.5, 0.6) is 0 Å². The Bertz CT molecular complexity index is 545. The predicted molar refractivity (Wildman–Crippen MR) is 76.9 cm³/mol. The average Bonchev–Trinajstić information content (AvgIpc) is 2.45. The molecule has 1 aromatic heterocycles. The molecule has 0 saturated heterocycles. The summed E-state index contributed by atoms with van der Waals surface area (Å²) in [6.07, 6.45) is 1.71. The molecule has 1 aromatic carbocycles. The van der Waals surface area contributed by atoms with E-state index in [9.17, 15) is 5.11 Å². The van der Waals surface area contributed by atoms with Gasteiger partial charge in [0.25, 0.3) is 0 Å². The number of pyridine rings is 1. The minimum atomic E-state index is 0.0628. The summed E-state index contributed by atoms with van der Waals surface area (Å²) < 4.78 is 0. The molecule has 1 unspecified atom stereocenters. The Hall–Kier alpha value is -1.42. The van der Waals surface area contributed by atoms with Crippen molar-refractivity contribution in [1.29, 1.82) is 0 Å². The van der Waals surface area contributed by atoms with E-state index < -0.39 is 0 Å². The third-order valence-electron chi connectivity index (χ3n) is 3.14. The monoisotopic (exact) mass is 276 g/mol. The molecule has 3 nitrogen and oxygen atoms in total. The second kappa shape index (κ2) is 6.66. The van der Waals surface area contributed by atoms with Crippen LogP contribution in [0.4, 0.5) is 0 Å². The van der Waals surface area contributed by atoms with E-state index in [0.29, 0.717) is 11.7 Å². The zero-order valence-corrected chi connectivity index (χ0v) is 11.6. The number of halogens is 1. The summed E-state index contributed by atoms with van der Waals surface area (Å²) in [6, 6.07) is 11.8. The Balaban J connectivity index is 2.02. The second-order valence-corrected chi connectivity index (χ2v) is 4.83. The summed E-state index contributed by atoms with van der Waals surface area (Å²) >= 11 is 5.88. The van der Waals surface area contributed by atoms with Gasteiger partial charge in [-0.3, -0.25) is 0 Å². The quantitative estimate of drug-likeness (QED) is 0.825. The maximum atomic E-state index is 9.28. The number of aliphatic hydroxyl groups is 1. The third kappa shape index (κ3) is 3.77. The van der Waals surface area contributed by atoms with Gasteiger partial charge in [0.1, 0.15) is 5.15 Å². The number of nitrogens with zero attached hydrogens (tertiary/aromatic N) is 1. The van der Waals surface area contributed by atoms with E-state index in [1.165, 1.54) is 0 Å². The van der Waals surface area contributed by atoms with Gasteiger partial charge in [-0.25, -0.2) is 4.98 Å². The zero-order valence-electron chi connectivity index (χ0n) is 10.8. The Morgan fingerprint density at radius 3 is 2.68 bits per heavy atom. The van der Waals surface area contributed by atoms with Gasteiger partial charge in [-0.05, 0) is 35.7 Å². The van der Waals surface area contributed by atoms with Crippen molar-refractivity contribution in [3.63, 3.8) is 0 Å². The number of benzene rings is 1. The van der Waals surface area contributed by atoms with E-state index in [0.717, 1.165) is 16.7 Å². The Labute approximate surface area is 118 Å². The van der Waals surface area contributed by atoms with Gasteiger partial charge in [-0.15, -0.1) is 0 Å². The lowest BCUT2D eigenvalue weighted by Crippen LogP contribution is -2.19. The van der Waals surface area contributed by atoms with Crippen molar-refractivity contribution in [1.82, 2.24) is 10.3 Å². The SMILES string of the molecule is CC(NCc1ccccc1CO)c1ccnc(Cl)c1. The van der Waals surface area contributed by atoms with E-state index in [4.69, 9.17) is 11.6 Å². The van der Waals surface area contributed by atoms with Gasteiger partial charge in [-0.2, -0.15) is 0 Å². The van der Waals surface area contributed by atoms with Crippen LogP contribution >= 0.6 is 11.6 Å². The second-order valence-electron chi connectivity index (χ2n) is 4.44. The largest absolute Gasteiger partial charge is 0.392 e. The molecular weight excluding hydrogens is 260 g/mol. The van der Waals surface area contributed by atoms with E-state index in [1.807, 2.05) is 36.4 Å². The topological polar surface area (TPSA) is 45.1 Å². The molecule has 0 bridgehead atoms. The highest BCUT2D eigenvalue weighted by atomic mass is 35.5. The molecule has 0 radical (unpaired) electrons. The van der Waals surface area contributed by atoms with E-state index in [-0.39, 0.29) is 12.6 Å². The summed E-state index contributed by atoms with van der Waals surface area (Å²) in [5.41, 5.74) is 3.16. The minimum Gasteiger partial charge on any atom is -0.392 e. The fourth-order valence-electron chi connectivity index (χ4n) is 1.95. The molecule has 0 spiro atoms. The van der Waals surface area contributed by atoms with E-state index in [2.05, 4.69) is 17.2 Å². The van der Waals surface area contributed by atoms with E-state index >= 15 is 0 Å². The molecule has 0 saturated carbocycles. The highest BCUT2D eigenvalue weighted by molar-refractivity contribution is 6.29. The molecule has 0 aliphatic heterocycles. The number of rotatable bonds is 5. The van der Waals surface area contributed by atoms with Gasteiger partial charge in [0.15, 0.2) is 0 Å². The molecule has 1 atom stereocenters. The van der Waals surface area contributed by atoms with Gasteiger partial charge in [0.05, 0.1) is 6.61 Å². The van der Waals surface area contributed by atoms with Gasteiger partial charge in [0.2, 0.25) is 0 Å². The Kier molecular flexibility index (Phi) is 4.91. The molecule has 0 amide bonds. The summed E-state index contributed by atoms with van der Waals surface area (Å²) in [5, 5.41) is 13.2. The number of nitrogens with one attached hydrogen (secondary N) is 1. The molecule has 19 heavy (non-hydrogen) atoms. The molecule has 0 aliphatic rings. The molecule has 0 aliphatic carbocycles. The third-order valence-corrected chi connectivity index (χ3v) is 3.34. The lowest BCUT2D eigenvalue weighted by atomic mass is 10.1. The van der Waals surface area contributed by atoms with Crippen molar-refractivity contribution < 1.29 is 5.11 Å². The molecular formula is C15H17ClN2O. The summed E-state index contributed by atoms with van der Waals surface area (Å²) in [7, 11) is 0. The van der Waals surface area contributed by atoms with Crippen molar-refractivity contribution in [2.75, 3.05) is 0 Å².